The molecular formula is C16H30N2O3. The summed E-state index contributed by atoms with van der Waals surface area (Å²) in [6.07, 6.45) is 3.52. The number of aliphatic carboxylic acids is 1. The monoisotopic (exact) mass is 298 g/mol. The minimum absolute atomic E-state index is 0.0158. The van der Waals surface area contributed by atoms with Crippen LogP contribution in [-0.2, 0) is 9.59 Å². The second-order valence-corrected chi connectivity index (χ2v) is 6.69. The quantitative estimate of drug-likeness (QED) is 0.640. The number of hydrogen-bond donors (Lipinski definition) is 3. The molecule has 0 aromatic carbocycles. The van der Waals surface area contributed by atoms with Gasteiger partial charge in [0.05, 0.1) is 5.41 Å². The summed E-state index contributed by atoms with van der Waals surface area (Å²) in [7, 11) is 0. The zero-order chi connectivity index (χ0) is 15.9. The number of carboxylic acid groups (broad SMARTS) is 1. The van der Waals surface area contributed by atoms with Crippen LogP contribution in [-0.4, -0.2) is 36.6 Å². The molecular weight excluding hydrogens is 268 g/mol. The third-order valence-electron chi connectivity index (χ3n) is 4.54. The summed E-state index contributed by atoms with van der Waals surface area (Å²) in [6, 6.07) is 0. The van der Waals surface area contributed by atoms with Crippen LogP contribution in [0.1, 0.15) is 52.9 Å². The fourth-order valence-electron chi connectivity index (χ4n) is 3.22. The van der Waals surface area contributed by atoms with E-state index in [1.165, 1.54) is 0 Å². The molecule has 0 bridgehead atoms. The van der Waals surface area contributed by atoms with Gasteiger partial charge in [0.1, 0.15) is 0 Å². The van der Waals surface area contributed by atoms with Crippen LogP contribution >= 0.6 is 0 Å². The number of rotatable bonds is 8. The summed E-state index contributed by atoms with van der Waals surface area (Å²) in [5.41, 5.74) is -0.267. The van der Waals surface area contributed by atoms with Gasteiger partial charge in [-0.05, 0) is 50.6 Å². The van der Waals surface area contributed by atoms with E-state index in [0.717, 1.165) is 38.8 Å². The molecule has 0 aromatic rings. The van der Waals surface area contributed by atoms with Gasteiger partial charge < -0.3 is 15.7 Å². The first-order chi connectivity index (χ1) is 9.89. The van der Waals surface area contributed by atoms with Gasteiger partial charge in [0.2, 0.25) is 5.91 Å². The first-order valence-corrected chi connectivity index (χ1v) is 8.10. The first kappa shape index (κ1) is 18.0. The van der Waals surface area contributed by atoms with Gasteiger partial charge >= 0.3 is 5.97 Å². The van der Waals surface area contributed by atoms with Gasteiger partial charge in [-0.1, -0.05) is 20.8 Å². The molecule has 0 aliphatic carbocycles. The minimum atomic E-state index is -0.790. The van der Waals surface area contributed by atoms with Gasteiger partial charge in [-0.3, -0.25) is 9.59 Å². The molecule has 5 heteroatoms. The number of carbonyl (C=O) groups excluding carboxylic acids is 1. The van der Waals surface area contributed by atoms with Crippen LogP contribution in [0.3, 0.4) is 0 Å². The lowest BCUT2D eigenvalue weighted by Gasteiger charge is -2.35. The summed E-state index contributed by atoms with van der Waals surface area (Å²) >= 11 is 0. The summed E-state index contributed by atoms with van der Waals surface area (Å²) in [5.74, 6) is -0.236. The Balaban J connectivity index is 2.56. The summed E-state index contributed by atoms with van der Waals surface area (Å²) in [6.45, 7) is 8.46. The molecule has 1 aliphatic rings. The highest BCUT2D eigenvalue weighted by Gasteiger charge is 2.37. The van der Waals surface area contributed by atoms with Crippen molar-refractivity contribution in [2.45, 2.75) is 52.9 Å². The van der Waals surface area contributed by atoms with Gasteiger partial charge in [-0.25, -0.2) is 0 Å². The molecule has 1 rings (SSSR count). The van der Waals surface area contributed by atoms with E-state index in [9.17, 15) is 9.59 Å². The highest BCUT2D eigenvalue weighted by atomic mass is 16.4. The van der Waals surface area contributed by atoms with Crippen molar-refractivity contribution >= 4 is 11.9 Å². The first-order valence-electron chi connectivity index (χ1n) is 8.10. The number of piperidine rings is 1. The fraction of sp³-hybridized carbons (Fsp3) is 0.875. The maximum absolute atomic E-state index is 12.5. The Morgan fingerprint density at radius 1 is 1.29 bits per heavy atom. The van der Waals surface area contributed by atoms with Crippen molar-refractivity contribution in [3.63, 3.8) is 0 Å². The molecule has 0 saturated carbocycles. The molecule has 0 radical (unpaired) electrons. The predicted octanol–water partition coefficient (Wildman–Crippen LogP) is 2.02. The molecule has 1 aliphatic heterocycles. The van der Waals surface area contributed by atoms with Crippen molar-refractivity contribution < 1.29 is 14.7 Å². The Kier molecular flexibility index (Phi) is 7.15. The molecule has 1 saturated heterocycles. The topological polar surface area (TPSA) is 78.4 Å². The number of amides is 1. The van der Waals surface area contributed by atoms with E-state index < -0.39 is 5.97 Å². The Labute approximate surface area is 127 Å². The van der Waals surface area contributed by atoms with E-state index in [0.29, 0.717) is 12.5 Å². The van der Waals surface area contributed by atoms with Gasteiger partial charge in [-0.2, -0.15) is 0 Å². The van der Waals surface area contributed by atoms with Crippen LogP contribution in [0.15, 0.2) is 0 Å². The second kappa shape index (κ2) is 8.37. The van der Waals surface area contributed by atoms with Crippen LogP contribution in [0.2, 0.25) is 0 Å². The second-order valence-electron chi connectivity index (χ2n) is 6.69. The summed E-state index contributed by atoms with van der Waals surface area (Å²) in [4.78, 5) is 23.5. The predicted molar refractivity (Wildman–Crippen MR) is 83.0 cm³/mol. The van der Waals surface area contributed by atoms with Crippen molar-refractivity contribution in [1.29, 1.82) is 0 Å². The number of nitrogens with one attached hydrogen (secondary N) is 2. The molecule has 0 spiro atoms. The maximum atomic E-state index is 12.5. The van der Waals surface area contributed by atoms with Gasteiger partial charge in [0.15, 0.2) is 0 Å². The molecule has 1 unspecified atom stereocenters. The van der Waals surface area contributed by atoms with E-state index in [1.807, 2.05) is 0 Å². The summed E-state index contributed by atoms with van der Waals surface area (Å²) in [5, 5.41) is 15.3. The normalized spacial score (nSPS) is 19.2. The average molecular weight is 298 g/mol. The van der Waals surface area contributed by atoms with Crippen molar-refractivity contribution in [3.05, 3.63) is 0 Å². The van der Waals surface area contributed by atoms with Crippen LogP contribution in [0, 0.1) is 17.3 Å². The highest BCUT2D eigenvalue weighted by Crippen LogP contribution is 2.32. The third kappa shape index (κ3) is 5.65. The molecule has 1 amide bonds. The lowest BCUT2D eigenvalue weighted by Crippen LogP contribution is -2.48. The van der Waals surface area contributed by atoms with Crippen LogP contribution in [0.25, 0.3) is 0 Å². The molecule has 5 nitrogen and oxygen atoms in total. The fourth-order valence-corrected chi connectivity index (χ4v) is 3.22. The number of hydrogen-bond acceptors (Lipinski definition) is 3. The van der Waals surface area contributed by atoms with E-state index in [-0.39, 0.29) is 23.7 Å². The number of carboxylic acids is 1. The number of carbonyl (C=O) groups is 2. The van der Waals surface area contributed by atoms with Gasteiger partial charge in [0.25, 0.3) is 0 Å². The van der Waals surface area contributed by atoms with Crippen LogP contribution < -0.4 is 10.6 Å². The highest BCUT2D eigenvalue weighted by molar-refractivity contribution is 5.82. The summed E-state index contributed by atoms with van der Waals surface area (Å²) < 4.78 is 0. The molecule has 1 heterocycles. The smallest absolute Gasteiger partial charge is 0.303 e. The van der Waals surface area contributed by atoms with Gasteiger partial charge in [-0.15, -0.1) is 0 Å². The van der Waals surface area contributed by atoms with E-state index in [4.69, 9.17) is 5.11 Å². The molecule has 122 valence electrons. The molecule has 1 fully saturated rings. The van der Waals surface area contributed by atoms with Crippen molar-refractivity contribution in [3.8, 4) is 0 Å². The standard InChI is InChI=1S/C16H30N2O3/c1-4-16(5-7-17-8-6-16)15(21)18-11-13(9-12(2)3)10-14(19)20/h12-13,17H,4-11H2,1-3H3,(H,18,21)(H,19,20). The van der Waals surface area contributed by atoms with Crippen molar-refractivity contribution in [2.75, 3.05) is 19.6 Å². The van der Waals surface area contributed by atoms with E-state index in [1.54, 1.807) is 0 Å². The molecule has 1 atom stereocenters. The Morgan fingerprint density at radius 2 is 1.90 bits per heavy atom. The third-order valence-corrected chi connectivity index (χ3v) is 4.54. The zero-order valence-electron chi connectivity index (χ0n) is 13.6. The molecule has 21 heavy (non-hydrogen) atoms. The Hall–Kier alpha value is -1.10. The van der Waals surface area contributed by atoms with Crippen LogP contribution in [0.4, 0.5) is 0 Å². The Morgan fingerprint density at radius 3 is 2.38 bits per heavy atom. The molecule has 0 aromatic heterocycles. The maximum Gasteiger partial charge on any atom is 0.303 e. The minimum Gasteiger partial charge on any atom is -0.481 e. The zero-order valence-corrected chi connectivity index (χ0v) is 13.6. The Bertz CT molecular complexity index is 349. The SMILES string of the molecule is CCC1(C(=O)NCC(CC(=O)O)CC(C)C)CCNCC1. The molecule has 3 N–H and O–H groups in total. The van der Waals surface area contributed by atoms with E-state index in [2.05, 4.69) is 31.4 Å². The lowest BCUT2D eigenvalue weighted by atomic mass is 9.75. The average Bonchev–Trinajstić information content (AvgIpc) is 2.44. The van der Waals surface area contributed by atoms with Crippen molar-refractivity contribution in [1.82, 2.24) is 10.6 Å². The van der Waals surface area contributed by atoms with E-state index >= 15 is 0 Å². The largest absolute Gasteiger partial charge is 0.481 e. The van der Waals surface area contributed by atoms with Gasteiger partial charge in [0, 0.05) is 13.0 Å². The van der Waals surface area contributed by atoms with Crippen molar-refractivity contribution in [2.24, 2.45) is 17.3 Å². The van der Waals surface area contributed by atoms with Crippen LogP contribution in [0.5, 0.6) is 0 Å². The lowest BCUT2D eigenvalue weighted by molar-refractivity contribution is -0.139.